The predicted molar refractivity (Wildman–Crippen MR) is 96.1 cm³/mol. The Balaban J connectivity index is 1.84. The van der Waals surface area contributed by atoms with E-state index >= 15 is 0 Å². The van der Waals surface area contributed by atoms with Crippen LogP contribution in [0.4, 0.5) is 5.69 Å². The summed E-state index contributed by atoms with van der Waals surface area (Å²) in [6.45, 7) is 4.07. The molecule has 0 fully saturated rings. The number of anilines is 1. The summed E-state index contributed by atoms with van der Waals surface area (Å²) in [7, 11) is 1.84. The number of aryl methyl sites for hydroxylation is 3. The zero-order valence-electron chi connectivity index (χ0n) is 12.7. The summed E-state index contributed by atoms with van der Waals surface area (Å²) in [5, 5.41) is 11.2. The standard InChI is InChI=1S/C15H18IN5O/c1-10-6-13(16)4-5-14(10)17-8-15(22)19-18-7-12-9-21(3)20-11(12)2/h4-7,9,17H,8H2,1-3H3,(H,19,22). The van der Waals surface area contributed by atoms with Gasteiger partial charge in [0.1, 0.15) is 0 Å². The monoisotopic (exact) mass is 411 g/mol. The first-order valence-electron chi connectivity index (χ1n) is 6.78. The average Bonchev–Trinajstić information content (AvgIpc) is 2.76. The van der Waals surface area contributed by atoms with Crippen molar-refractivity contribution in [3.63, 3.8) is 0 Å². The van der Waals surface area contributed by atoms with Crippen LogP contribution in [0.1, 0.15) is 16.8 Å². The Morgan fingerprint density at radius 1 is 1.45 bits per heavy atom. The number of amides is 1. The fraction of sp³-hybridized carbons (Fsp3) is 0.267. The van der Waals surface area contributed by atoms with E-state index in [4.69, 9.17) is 0 Å². The number of nitrogens with one attached hydrogen (secondary N) is 2. The number of rotatable bonds is 5. The minimum absolute atomic E-state index is 0.171. The van der Waals surface area contributed by atoms with E-state index in [9.17, 15) is 4.79 Å². The summed E-state index contributed by atoms with van der Waals surface area (Å²) >= 11 is 2.26. The quantitative estimate of drug-likeness (QED) is 0.450. The molecule has 2 aromatic rings. The molecule has 6 nitrogen and oxygen atoms in total. The summed E-state index contributed by atoms with van der Waals surface area (Å²) in [5.74, 6) is -0.198. The smallest absolute Gasteiger partial charge is 0.259 e. The van der Waals surface area contributed by atoms with Crippen LogP contribution in [-0.4, -0.2) is 28.4 Å². The van der Waals surface area contributed by atoms with Gasteiger partial charge in [-0.3, -0.25) is 9.48 Å². The molecule has 0 aliphatic rings. The maximum Gasteiger partial charge on any atom is 0.259 e. The van der Waals surface area contributed by atoms with Crippen LogP contribution in [0.3, 0.4) is 0 Å². The van der Waals surface area contributed by atoms with Gasteiger partial charge in [0.05, 0.1) is 18.5 Å². The van der Waals surface area contributed by atoms with Crippen molar-refractivity contribution in [2.75, 3.05) is 11.9 Å². The molecule has 0 spiro atoms. The van der Waals surface area contributed by atoms with E-state index in [1.807, 2.05) is 39.2 Å². The first kappa shape index (κ1) is 16.5. The molecular weight excluding hydrogens is 393 g/mol. The lowest BCUT2D eigenvalue weighted by Crippen LogP contribution is -2.26. The van der Waals surface area contributed by atoms with E-state index in [1.54, 1.807) is 10.9 Å². The number of carbonyl (C=O) groups is 1. The third-order valence-corrected chi connectivity index (χ3v) is 3.74. The largest absolute Gasteiger partial charge is 0.376 e. The van der Waals surface area contributed by atoms with Crippen LogP contribution >= 0.6 is 22.6 Å². The molecular formula is C15H18IN5O. The minimum Gasteiger partial charge on any atom is -0.376 e. The van der Waals surface area contributed by atoms with Gasteiger partial charge in [0.2, 0.25) is 0 Å². The molecule has 0 bridgehead atoms. The van der Waals surface area contributed by atoms with Crippen molar-refractivity contribution in [3.8, 4) is 0 Å². The molecule has 0 saturated carbocycles. The van der Waals surface area contributed by atoms with E-state index < -0.39 is 0 Å². The topological polar surface area (TPSA) is 71.3 Å². The number of hydrazone groups is 1. The molecule has 0 radical (unpaired) electrons. The van der Waals surface area contributed by atoms with E-state index in [2.05, 4.69) is 49.6 Å². The number of hydrogen-bond acceptors (Lipinski definition) is 4. The van der Waals surface area contributed by atoms with Crippen molar-refractivity contribution in [2.45, 2.75) is 13.8 Å². The molecule has 116 valence electrons. The molecule has 2 N–H and O–H groups in total. The van der Waals surface area contributed by atoms with Crippen molar-refractivity contribution < 1.29 is 4.79 Å². The van der Waals surface area contributed by atoms with Crippen molar-refractivity contribution in [1.82, 2.24) is 15.2 Å². The molecule has 0 atom stereocenters. The Labute approximate surface area is 143 Å². The Hall–Kier alpha value is -1.90. The number of carbonyl (C=O) groups excluding carboxylic acids is 1. The lowest BCUT2D eigenvalue weighted by atomic mass is 10.2. The maximum absolute atomic E-state index is 11.8. The predicted octanol–water partition coefficient (Wildman–Crippen LogP) is 2.20. The molecule has 1 amide bonds. The lowest BCUT2D eigenvalue weighted by Gasteiger charge is -2.08. The Morgan fingerprint density at radius 2 is 2.23 bits per heavy atom. The van der Waals surface area contributed by atoms with Crippen LogP contribution in [0.15, 0.2) is 29.5 Å². The second kappa shape index (κ2) is 7.39. The Kier molecular flexibility index (Phi) is 5.53. The van der Waals surface area contributed by atoms with Gasteiger partial charge in [-0.05, 0) is 60.2 Å². The number of halogens is 1. The number of hydrogen-bond donors (Lipinski definition) is 2. The van der Waals surface area contributed by atoms with Gasteiger partial charge in [0, 0.05) is 28.1 Å². The van der Waals surface area contributed by atoms with E-state index in [-0.39, 0.29) is 12.5 Å². The van der Waals surface area contributed by atoms with Crippen molar-refractivity contribution in [1.29, 1.82) is 0 Å². The molecule has 22 heavy (non-hydrogen) atoms. The third kappa shape index (κ3) is 4.55. The van der Waals surface area contributed by atoms with E-state index in [1.165, 1.54) is 3.57 Å². The highest BCUT2D eigenvalue weighted by Gasteiger charge is 2.03. The van der Waals surface area contributed by atoms with Gasteiger partial charge in [-0.25, -0.2) is 5.43 Å². The normalized spacial score (nSPS) is 10.9. The fourth-order valence-electron chi connectivity index (χ4n) is 1.96. The van der Waals surface area contributed by atoms with Gasteiger partial charge in [-0.2, -0.15) is 10.2 Å². The molecule has 1 heterocycles. The highest BCUT2D eigenvalue weighted by molar-refractivity contribution is 14.1. The second-order valence-electron chi connectivity index (χ2n) is 4.95. The SMILES string of the molecule is Cc1cc(I)ccc1NCC(=O)NN=Cc1cn(C)nc1C. The van der Waals surface area contributed by atoms with Gasteiger partial charge in [-0.15, -0.1) is 0 Å². The van der Waals surface area contributed by atoms with Crippen LogP contribution in [0.5, 0.6) is 0 Å². The Bertz CT molecular complexity index is 708. The number of benzene rings is 1. The summed E-state index contributed by atoms with van der Waals surface area (Å²) in [6, 6.07) is 6.02. The summed E-state index contributed by atoms with van der Waals surface area (Å²) in [4.78, 5) is 11.8. The highest BCUT2D eigenvalue weighted by atomic mass is 127. The first-order valence-corrected chi connectivity index (χ1v) is 7.86. The molecule has 0 aliphatic heterocycles. The molecule has 1 aromatic carbocycles. The van der Waals surface area contributed by atoms with E-state index in [0.717, 1.165) is 22.5 Å². The first-order chi connectivity index (χ1) is 10.5. The maximum atomic E-state index is 11.8. The van der Waals surface area contributed by atoms with Crippen LogP contribution in [0.2, 0.25) is 0 Å². The molecule has 2 rings (SSSR count). The van der Waals surface area contributed by atoms with Gasteiger partial charge >= 0.3 is 0 Å². The molecule has 0 saturated heterocycles. The molecule has 7 heteroatoms. The minimum atomic E-state index is -0.198. The molecule has 0 unspecified atom stereocenters. The van der Waals surface area contributed by atoms with Crippen molar-refractivity contribution >= 4 is 40.4 Å². The summed E-state index contributed by atoms with van der Waals surface area (Å²) in [6.07, 6.45) is 3.44. The summed E-state index contributed by atoms with van der Waals surface area (Å²) in [5.41, 5.74) is 6.30. The molecule has 1 aromatic heterocycles. The van der Waals surface area contributed by atoms with Gasteiger partial charge < -0.3 is 5.32 Å². The summed E-state index contributed by atoms with van der Waals surface area (Å²) < 4.78 is 2.88. The van der Waals surface area contributed by atoms with Gasteiger partial charge in [-0.1, -0.05) is 0 Å². The van der Waals surface area contributed by atoms with Crippen LogP contribution in [0, 0.1) is 17.4 Å². The zero-order valence-corrected chi connectivity index (χ0v) is 14.9. The van der Waals surface area contributed by atoms with Crippen LogP contribution < -0.4 is 10.7 Å². The molecule has 0 aliphatic carbocycles. The number of nitrogens with zero attached hydrogens (tertiary/aromatic N) is 3. The highest BCUT2D eigenvalue weighted by Crippen LogP contribution is 2.17. The average molecular weight is 411 g/mol. The second-order valence-corrected chi connectivity index (χ2v) is 6.20. The van der Waals surface area contributed by atoms with Crippen molar-refractivity contribution in [3.05, 3.63) is 44.8 Å². The van der Waals surface area contributed by atoms with Crippen molar-refractivity contribution in [2.24, 2.45) is 12.1 Å². The Morgan fingerprint density at radius 3 is 2.86 bits per heavy atom. The fourth-order valence-corrected chi connectivity index (χ4v) is 2.61. The van der Waals surface area contributed by atoms with Gasteiger partial charge in [0.25, 0.3) is 5.91 Å². The number of aromatic nitrogens is 2. The van der Waals surface area contributed by atoms with Gasteiger partial charge in [0.15, 0.2) is 0 Å². The lowest BCUT2D eigenvalue weighted by molar-refractivity contribution is -0.119. The van der Waals surface area contributed by atoms with E-state index in [0.29, 0.717) is 0 Å². The van der Waals surface area contributed by atoms with Crippen LogP contribution in [-0.2, 0) is 11.8 Å². The zero-order chi connectivity index (χ0) is 16.1. The third-order valence-electron chi connectivity index (χ3n) is 3.07. The van der Waals surface area contributed by atoms with Crippen LogP contribution in [0.25, 0.3) is 0 Å².